The molecule has 2 aromatic rings. The number of methoxy groups -OCH3 is 1. The number of nitrogens with two attached hydrogens (primary N) is 1. The molecule has 0 saturated heterocycles. The number of nitrogens with zero attached hydrogens (tertiary/aromatic N) is 1. The van der Waals surface area contributed by atoms with Crippen LogP contribution in [-0.2, 0) is 11.3 Å². The smallest absolute Gasteiger partial charge is 0.222 e. The summed E-state index contributed by atoms with van der Waals surface area (Å²) in [6.45, 7) is 0.430. The van der Waals surface area contributed by atoms with Gasteiger partial charge in [0.2, 0.25) is 11.8 Å². The summed E-state index contributed by atoms with van der Waals surface area (Å²) in [6, 6.07) is 12.9. The molecule has 0 fully saturated rings. The van der Waals surface area contributed by atoms with Crippen LogP contribution in [0.3, 0.4) is 0 Å². The van der Waals surface area contributed by atoms with Gasteiger partial charge in [-0.15, -0.1) is 0 Å². The molecule has 0 bridgehead atoms. The van der Waals surface area contributed by atoms with Gasteiger partial charge >= 0.3 is 0 Å². The van der Waals surface area contributed by atoms with Crippen LogP contribution in [0.5, 0.6) is 5.88 Å². The summed E-state index contributed by atoms with van der Waals surface area (Å²) < 4.78 is 5.04. The Kier molecular flexibility index (Phi) is 5.29. The quantitative estimate of drug-likeness (QED) is 0.848. The van der Waals surface area contributed by atoms with E-state index < -0.39 is 0 Å². The van der Waals surface area contributed by atoms with Crippen LogP contribution in [0.4, 0.5) is 0 Å². The predicted molar refractivity (Wildman–Crippen MR) is 80.6 cm³/mol. The minimum absolute atomic E-state index is 0.0814. The minimum Gasteiger partial charge on any atom is -0.481 e. The van der Waals surface area contributed by atoms with E-state index in [4.69, 9.17) is 10.5 Å². The summed E-state index contributed by atoms with van der Waals surface area (Å²) in [5.74, 6) is 0.449. The van der Waals surface area contributed by atoms with Gasteiger partial charge < -0.3 is 15.8 Å². The number of hydrogen-bond acceptors (Lipinski definition) is 4. The fourth-order valence-electron chi connectivity index (χ4n) is 1.96. The van der Waals surface area contributed by atoms with Gasteiger partial charge in [-0.25, -0.2) is 4.98 Å². The van der Waals surface area contributed by atoms with Crippen LogP contribution in [0.25, 0.3) is 0 Å². The van der Waals surface area contributed by atoms with Crippen LogP contribution in [0.1, 0.15) is 23.6 Å². The lowest BCUT2D eigenvalue weighted by molar-refractivity contribution is -0.121. The van der Waals surface area contributed by atoms with E-state index in [0.717, 1.165) is 11.1 Å². The number of rotatable bonds is 6. The monoisotopic (exact) mass is 285 g/mol. The molecule has 21 heavy (non-hydrogen) atoms. The molecule has 0 radical (unpaired) electrons. The normalized spacial score (nSPS) is 11.7. The van der Waals surface area contributed by atoms with E-state index in [1.54, 1.807) is 19.4 Å². The second kappa shape index (κ2) is 7.40. The Hall–Kier alpha value is -2.40. The number of benzene rings is 1. The first-order chi connectivity index (χ1) is 10.2. The molecule has 110 valence electrons. The lowest BCUT2D eigenvalue weighted by atomic mass is 10.0. The number of pyridine rings is 1. The third-order valence-electron chi connectivity index (χ3n) is 3.13. The van der Waals surface area contributed by atoms with Crippen molar-refractivity contribution in [1.82, 2.24) is 10.3 Å². The van der Waals surface area contributed by atoms with Gasteiger partial charge in [-0.3, -0.25) is 4.79 Å². The van der Waals surface area contributed by atoms with Crippen LogP contribution in [-0.4, -0.2) is 18.0 Å². The number of amides is 1. The van der Waals surface area contributed by atoms with Gasteiger partial charge in [0.05, 0.1) is 7.11 Å². The number of hydrogen-bond donors (Lipinski definition) is 2. The van der Waals surface area contributed by atoms with E-state index in [0.29, 0.717) is 12.4 Å². The Morgan fingerprint density at radius 1 is 1.33 bits per heavy atom. The summed E-state index contributed by atoms with van der Waals surface area (Å²) >= 11 is 0. The second-order valence-corrected chi connectivity index (χ2v) is 4.70. The maximum absolute atomic E-state index is 11.9. The van der Waals surface area contributed by atoms with Gasteiger partial charge in [-0.2, -0.15) is 0 Å². The topological polar surface area (TPSA) is 77.2 Å². The van der Waals surface area contributed by atoms with Crippen molar-refractivity contribution in [2.24, 2.45) is 5.73 Å². The molecule has 0 saturated carbocycles. The summed E-state index contributed by atoms with van der Waals surface area (Å²) in [5.41, 5.74) is 7.91. The first kappa shape index (κ1) is 15.0. The minimum atomic E-state index is -0.293. The van der Waals surface area contributed by atoms with Crippen LogP contribution in [0.15, 0.2) is 48.7 Å². The van der Waals surface area contributed by atoms with E-state index in [2.05, 4.69) is 10.3 Å². The van der Waals surface area contributed by atoms with E-state index >= 15 is 0 Å². The lowest BCUT2D eigenvalue weighted by Crippen LogP contribution is -2.27. The molecule has 1 unspecified atom stereocenters. The Morgan fingerprint density at radius 3 is 2.81 bits per heavy atom. The van der Waals surface area contributed by atoms with Gasteiger partial charge in [0.15, 0.2) is 0 Å². The largest absolute Gasteiger partial charge is 0.481 e. The van der Waals surface area contributed by atoms with Crippen molar-refractivity contribution in [1.29, 1.82) is 0 Å². The summed E-state index contributed by atoms with van der Waals surface area (Å²) in [4.78, 5) is 15.9. The summed E-state index contributed by atoms with van der Waals surface area (Å²) in [6.07, 6.45) is 1.91. The van der Waals surface area contributed by atoms with E-state index in [-0.39, 0.29) is 18.4 Å². The average Bonchev–Trinajstić information content (AvgIpc) is 2.54. The first-order valence-corrected chi connectivity index (χ1v) is 6.75. The van der Waals surface area contributed by atoms with Crippen molar-refractivity contribution < 1.29 is 9.53 Å². The molecule has 0 spiro atoms. The highest BCUT2D eigenvalue weighted by Gasteiger charge is 2.11. The van der Waals surface area contributed by atoms with Gasteiger partial charge in [-0.05, 0) is 17.2 Å². The number of ether oxygens (including phenoxy) is 1. The molecule has 5 nitrogen and oxygen atoms in total. The summed E-state index contributed by atoms with van der Waals surface area (Å²) in [7, 11) is 1.56. The molecule has 1 heterocycles. The molecule has 1 atom stereocenters. The fraction of sp³-hybridized carbons (Fsp3) is 0.250. The second-order valence-electron chi connectivity index (χ2n) is 4.70. The van der Waals surface area contributed by atoms with Gasteiger partial charge in [0.1, 0.15) is 0 Å². The van der Waals surface area contributed by atoms with E-state index in [1.165, 1.54) is 0 Å². The molecular weight excluding hydrogens is 266 g/mol. The SMILES string of the molecule is COc1cc(CNC(=O)CC(N)c2ccccc2)ccn1. The average molecular weight is 285 g/mol. The zero-order valence-corrected chi connectivity index (χ0v) is 12.0. The molecule has 0 aliphatic rings. The van der Waals surface area contributed by atoms with Crippen LogP contribution in [0, 0.1) is 0 Å². The zero-order chi connectivity index (χ0) is 15.1. The van der Waals surface area contributed by atoms with Crippen molar-refractivity contribution in [3.63, 3.8) is 0 Å². The Labute approximate surface area is 124 Å². The molecule has 3 N–H and O–H groups in total. The van der Waals surface area contributed by atoms with Crippen molar-refractivity contribution in [3.8, 4) is 5.88 Å². The number of carbonyl (C=O) groups is 1. The molecule has 0 aliphatic heterocycles. The number of aromatic nitrogens is 1. The van der Waals surface area contributed by atoms with Gasteiger partial charge in [0.25, 0.3) is 0 Å². The molecule has 1 aromatic heterocycles. The maximum Gasteiger partial charge on any atom is 0.222 e. The third kappa shape index (κ3) is 4.57. The number of carbonyl (C=O) groups excluding carboxylic acids is 1. The summed E-state index contributed by atoms with van der Waals surface area (Å²) in [5, 5.41) is 2.85. The van der Waals surface area contributed by atoms with Crippen LogP contribution >= 0.6 is 0 Å². The fourth-order valence-corrected chi connectivity index (χ4v) is 1.96. The molecule has 2 rings (SSSR count). The zero-order valence-electron chi connectivity index (χ0n) is 12.0. The van der Waals surface area contributed by atoms with E-state index in [1.807, 2.05) is 36.4 Å². The molecular formula is C16H19N3O2. The molecule has 0 aliphatic carbocycles. The van der Waals surface area contributed by atoms with Crippen LogP contribution < -0.4 is 15.8 Å². The van der Waals surface area contributed by atoms with Crippen molar-refractivity contribution >= 4 is 5.91 Å². The predicted octanol–water partition coefficient (Wildman–Crippen LogP) is 1.80. The van der Waals surface area contributed by atoms with Gasteiger partial charge in [-0.1, -0.05) is 30.3 Å². The molecule has 1 amide bonds. The highest BCUT2D eigenvalue weighted by molar-refractivity contribution is 5.76. The third-order valence-corrected chi connectivity index (χ3v) is 3.13. The standard InChI is InChI=1S/C16H19N3O2/c1-21-16-9-12(7-8-18-16)11-19-15(20)10-14(17)13-5-3-2-4-6-13/h2-9,14H,10-11,17H2,1H3,(H,19,20). The van der Waals surface area contributed by atoms with Crippen molar-refractivity contribution in [2.45, 2.75) is 19.0 Å². The Morgan fingerprint density at radius 2 is 2.10 bits per heavy atom. The lowest BCUT2D eigenvalue weighted by Gasteiger charge is -2.12. The maximum atomic E-state index is 11.9. The highest BCUT2D eigenvalue weighted by atomic mass is 16.5. The van der Waals surface area contributed by atoms with Gasteiger partial charge in [0, 0.05) is 31.3 Å². The van der Waals surface area contributed by atoms with Crippen LogP contribution in [0.2, 0.25) is 0 Å². The number of nitrogens with one attached hydrogen (secondary N) is 1. The Balaban J connectivity index is 1.84. The molecule has 5 heteroatoms. The molecule has 1 aromatic carbocycles. The Bertz CT molecular complexity index is 587. The van der Waals surface area contributed by atoms with E-state index in [9.17, 15) is 4.79 Å². The first-order valence-electron chi connectivity index (χ1n) is 6.75. The van der Waals surface area contributed by atoms with Crippen molar-refractivity contribution in [3.05, 3.63) is 59.8 Å². The highest BCUT2D eigenvalue weighted by Crippen LogP contribution is 2.13. The van der Waals surface area contributed by atoms with Crippen molar-refractivity contribution in [2.75, 3.05) is 7.11 Å².